The van der Waals surface area contributed by atoms with Gasteiger partial charge in [-0.25, -0.2) is 4.39 Å². The van der Waals surface area contributed by atoms with E-state index in [-0.39, 0.29) is 17.8 Å². The highest BCUT2D eigenvalue weighted by Gasteiger charge is 2.26. The van der Waals surface area contributed by atoms with Gasteiger partial charge in [-0.05, 0) is 48.4 Å². The quantitative estimate of drug-likeness (QED) is 0.701. The van der Waals surface area contributed by atoms with Crippen molar-refractivity contribution >= 4 is 23.6 Å². The summed E-state index contributed by atoms with van der Waals surface area (Å²) in [6.07, 6.45) is 3.37. The SMILES string of the molecule is COc1cc(/C=C/C(=O)N2CCN(Cc3ccc(F)cc3)C[C@H]2C)ccc1Cl. The predicted molar refractivity (Wildman–Crippen MR) is 110 cm³/mol. The second-order valence-corrected chi connectivity index (χ2v) is 7.38. The molecule has 0 aromatic heterocycles. The van der Waals surface area contributed by atoms with Gasteiger partial charge in [0.2, 0.25) is 5.91 Å². The largest absolute Gasteiger partial charge is 0.495 e. The van der Waals surface area contributed by atoms with Crippen LogP contribution in [0.25, 0.3) is 6.08 Å². The molecule has 2 aromatic rings. The fourth-order valence-electron chi connectivity index (χ4n) is 3.40. The van der Waals surface area contributed by atoms with E-state index in [9.17, 15) is 9.18 Å². The monoisotopic (exact) mass is 402 g/mol. The molecular weight excluding hydrogens is 379 g/mol. The number of piperazine rings is 1. The topological polar surface area (TPSA) is 32.8 Å². The summed E-state index contributed by atoms with van der Waals surface area (Å²) in [5.41, 5.74) is 1.93. The minimum absolute atomic E-state index is 0.0113. The Morgan fingerprint density at radius 1 is 1.25 bits per heavy atom. The maximum Gasteiger partial charge on any atom is 0.246 e. The van der Waals surface area contributed by atoms with Gasteiger partial charge in [0.1, 0.15) is 11.6 Å². The second kappa shape index (κ2) is 9.22. The standard InChI is InChI=1S/C22H24ClFN2O2/c1-16-14-25(15-18-3-7-19(24)8-4-18)11-12-26(16)22(27)10-6-17-5-9-20(23)21(13-17)28-2/h3-10,13,16H,11-12,14-15H2,1-2H3/b10-6+/t16-/m1/s1. The Morgan fingerprint density at radius 3 is 2.68 bits per heavy atom. The number of carbonyl (C=O) groups excluding carboxylic acids is 1. The molecule has 3 rings (SSSR count). The first kappa shape index (κ1) is 20.4. The van der Waals surface area contributed by atoms with Crippen LogP contribution in [0.3, 0.4) is 0 Å². The van der Waals surface area contributed by atoms with E-state index in [0.717, 1.165) is 30.8 Å². The van der Waals surface area contributed by atoms with Crippen LogP contribution in [-0.2, 0) is 11.3 Å². The average molecular weight is 403 g/mol. The van der Waals surface area contributed by atoms with E-state index in [0.29, 0.717) is 17.3 Å². The zero-order valence-corrected chi connectivity index (χ0v) is 16.8. The van der Waals surface area contributed by atoms with Gasteiger partial charge in [0.05, 0.1) is 12.1 Å². The molecule has 0 unspecified atom stereocenters. The van der Waals surface area contributed by atoms with Crippen molar-refractivity contribution in [3.8, 4) is 5.75 Å². The van der Waals surface area contributed by atoms with Gasteiger partial charge in [0.25, 0.3) is 0 Å². The number of nitrogens with zero attached hydrogens (tertiary/aromatic N) is 2. The lowest BCUT2D eigenvalue weighted by molar-refractivity contribution is -0.130. The van der Waals surface area contributed by atoms with Gasteiger partial charge in [-0.3, -0.25) is 9.69 Å². The number of rotatable bonds is 5. The number of methoxy groups -OCH3 is 1. The summed E-state index contributed by atoms with van der Waals surface area (Å²) in [7, 11) is 1.56. The zero-order chi connectivity index (χ0) is 20.1. The molecule has 1 atom stereocenters. The summed E-state index contributed by atoms with van der Waals surface area (Å²) in [6.45, 7) is 5.04. The zero-order valence-electron chi connectivity index (χ0n) is 16.1. The fraction of sp³-hybridized carbons (Fsp3) is 0.318. The van der Waals surface area contributed by atoms with Gasteiger partial charge in [-0.2, -0.15) is 0 Å². The van der Waals surface area contributed by atoms with Gasteiger partial charge in [-0.15, -0.1) is 0 Å². The van der Waals surface area contributed by atoms with Crippen molar-refractivity contribution in [3.05, 3.63) is 70.5 Å². The van der Waals surface area contributed by atoms with E-state index < -0.39 is 0 Å². The molecule has 2 aromatic carbocycles. The molecule has 1 fully saturated rings. The number of hydrogen-bond acceptors (Lipinski definition) is 3. The van der Waals surface area contributed by atoms with Gasteiger partial charge in [-0.1, -0.05) is 29.8 Å². The summed E-state index contributed by atoms with van der Waals surface area (Å²) < 4.78 is 18.3. The predicted octanol–water partition coefficient (Wildman–Crippen LogP) is 4.23. The van der Waals surface area contributed by atoms with Crippen LogP contribution in [-0.4, -0.2) is 48.5 Å². The molecule has 6 heteroatoms. The molecule has 0 bridgehead atoms. The minimum Gasteiger partial charge on any atom is -0.495 e. The number of halogens is 2. The van der Waals surface area contributed by atoms with Crippen molar-refractivity contribution in [3.63, 3.8) is 0 Å². The van der Waals surface area contributed by atoms with Gasteiger partial charge < -0.3 is 9.64 Å². The molecular formula is C22H24ClFN2O2. The molecule has 148 valence electrons. The minimum atomic E-state index is -0.224. The lowest BCUT2D eigenvalue weighted by atomic mass is 10.1. The molecule has 1 heterocycles. The third kappa shape index (κ3) is 5.12. The van der Waals surface area contributed by atoms with Crippen LogP contribution in [0.4, 0.5) is 4.39 Å². The van der Waals surface area contributed by atoms with Crippen LogP contribution >= 0.6 is 11.6 Å². The Morgan fingerprint density at radius 2 is 2.00 bits per heavy atom. The van der Waals surface area contributed by atoms with Crippen molar-refractivity contribution in [2.24, 2.45) is 0 Å². The molecule has 0 N–H and O–H groups in total. The first-order valence-electron chi connectivity index (χ1n) is 9.25. The van der Waals surface area contributed by atoms with E-state index >= 15 is 0 Å². The van der Waals surface area contributed by atoms with Crippen LogP contribution in [0.5, 0.6) is 5.75 Å². The number of amides is 1. The van der Waals surface area contributed by atoms with Crippen LogP contribution in [0.2, 0.25) is 5.02 Å². The first-order valence-corrected chi connectivity index (χ1v) is 9.63. The fourth-order valence-corrected chi connectivity index (χ4v) is 3.59. The van der Waals surface area contributed by atoms with Gasteiger partial charge >= 0.3 is 0 Å². The maximum absolute atomic E-state index is 13.0. The molecule has 1 aliphatic heterocycles. The number of hydrogen-bond donors (Lipinski definition) is 0. The first-order chi connectivity index (χ1) is 13.5. The summed E-state index contributed by atoms with van der Waals surface area (Å²) in [4.78, 5) is 16.8. The highest BCUT2D eigenvalue weighted by atomic mass is 35.5. The number of benzene rings is 2. The van der Waals surface area contributed by atoms with Gasteiger partial charge in [0, 0.05) is 38.3 Å². The van der Waals surface area contributed by atoms with E-state index in [1.54, 1.807) is 43.5 Å². The van der Waals surface area contributed by atoms with E-state index in [1.165, 1.54) is 12.1 Å². The summed E-state index contributed by atoms with van der Waals surface area (Å²) in [5, 5.41) is 0.539. The summed E-state index contributed by atoms with van der Waals surface area (Å²) in [5.74, 6) is 0.347. The van der Waals surface area contributed by atoms with Crippen molar-refractivity contribution in [2.75, 3.05) is 26.7 Å². The molecule has 1 saturated heterocycles. The second-order valence-electron chi connectivity index (χ2n) is 6.97. The van der Waals surface area contributed by atoms with E-state index in [1.807, 2.05) is 17.9 Å². The lowest BCUT2D eigenvalue weighted by Crippen LogP contribution is -2.53. The Bertz CT molecular complexity index is 854. The molecule has 4 nitrogen and oxygen atoms in total. The molecule has 0 radical (unpaired) electrons. The van der Waals surface area contributed by atoms with Crippen molar-refractivity contribution in [1.29, 1.82) is 0 Å². The Labute approximate surface area is 170 Å². The molecule has 0 saturated carbocycles. The Kier molecular flexibility index (Phi) is 6.70. The van der Waals surface area contributed by atoms with Gasteiger partial charge in [0.15, 0.2) is 0 Å². The van der Waals surface area contributed by atoms with Crippen LogP contribution in [0, 0.1) is 5.82 Å². The van der Waals surface area contributed by atoms with Crippen molar-refractivity contribution in [2.45, 2.75) is 19.5 Å². The molecule has 1 amide bonds. The third-order valence-electron chi connectivity index (χ3n) is 4.91. The molecule has 1 aliphatic rings. The summed E-state index contributed by atoms with van der Waals surface area (Å²) >= 11 is 6.03. The van der Waals surface area contributed by atoms with Crippen LogP contribution in [0.15, 0.2) is 48.5 Å². The average Bonchev–Trinajstić information content (AvgIpc) is 2.69. The third-order valence-corrected chi connectivity index (χ3v) is 5.22. The smallest absolute Gasteiger partial charge is 0.246 e. The van der Waals surface area contributed by atoms with Crippen molar-refractivity contribution in [1.82, 2.24) is 9.80 Å². The van der Waals surface area contributed by atoms with Crippen molar-refractivity contribution < 1.29 is 13.9 Å². The normalized spacial score (nSPS) is 17.9. The number of carbonyl (C=O) groups is 1. The summed E-state index contributed by atoms with van der Waals surface area (Å²) in [6, 6.07) is 12.1. The van der Waals surface area contributed by atoms with Crippen LogP contribution < -0.4 is 4.74 Å². The highest BCUT2D eigenvalue weighted by molar-refractivity contribution is 6.32. The highest BCUT2D eigenvalue weighted by Crippen LogP contribution is 2.25. The maximum atomic E-state index is 13.0. The van der Waals surface area contributed by atoms with E-state index in [2.05, 4.69) is 4.90 Å². The molecule has 0 spiro atoms. The molecule has 0 aliphatic carbocycles. The van der Waals surface area contributed by atoms with Crippen LogP contribution in [0.1, 0.15) is 18.1 Å². The Balaban J connectivity index is 1.57. The lowest BCUT2D eigenvalue weighted by Gasteiger charge is -2.39. The molecule has 28 heavy (non-hydrogen) atoms. The Hall–Kier alpha value is -2.37. The number of ether oxygens (including phenoxy) is 1. The van der Waals surface area contributed by atoms with E-state index in [4.69, 9.17) is 16.3 Å².